The van der Waals surface area contributed by atoms with E-state index in [4.69, 9.17) is 0 Å². The van der Waals surface area contributed by atoms with Crippen molar-refractivity contribution in [1.82, 2.24) is 10.2 Å². The van der Waals surface area contributed by atoms with Crippen LogP contribution in [-0.2, 0) is 0 Å². The molecule has 1 saturated heterocycles. The van der Waals surface area contributed by atoms with Crippen molar-refractivity contribution in [2.45, 2.75) is 52.0 Å². The zero-order valence-electron chi connectivity index (χ0n) is 13.3. The Morgan fingerprint density at radius 1 is 1.15 bits per heavy atom. The highest BCUT2D eigenvalue weighted by molar-refractivity contribution is 4.95. The fourth-order valence-electron chi connectivity index (χ4n) is 3.57. The zero-order chi connectivity index (χ0) is 14.4. The summed E-state index contributed by atoms with van der Waals surface area (Å²) in [6, 6.07) is 0.692. The van der Waals surface area contributed by atoms with E-state index >= 15 is 0 Å². The van der Waals surface area contributed by atoms with E-state index in [2.05, 4.69) is 30.1 Å². The lowest BCUT2D eigenvalue weighted by Crippen LogP contribution is -2.44. The molecule has 2 atom stereocenters. The van der Waals surface area contributed by atoms with Crippen molar-refractivity contribution < 1.29 is 5.11 Å². The van der Waals surface area contributed by atoms with E-state index in [0.29, 0.717) is 24.5 Å². The summed E-state index contributed by atoms with van der Waals surface area (Å²) in [5, 5.41) is 13.1. The third kappa shape index (κ3) is 4.87. The van der Waals surface area contributed by atoms with Gasteiger partial charge in [0.15, 0.2) is 0 Å². The molecule has 0 aromatic carbocycles. The van der Waals surface area contributed by atoms with Gasteiger partial charge in [0.25, 0.3) is 0 Å². The summed E-state index contributed by atoms with van der Waals surface area (Å²) in [5.41, 5.74) is 1.42. The first-order valence-corrected chi connectivity index (χ1v) is 8.39. The first-order chi connectivity index (χ1) is 9.69. The lowest BCUT2D eigenvalue weighted by atomic mass is 9.96. The van der Waals surface area contributed by atoms with Crippen LogP contribution in [0, 0.1) is 11.8 Å². The number of hydrogen-bond acceptors (Lipinski definition) is 3. The molecule has 1 aliphatic carbocycles. The Hall–Kier alpha value is -0.380. The fraction of sp³-hybridized carbons (Fsp3) is 0.882. The molecule has 0 radical (unpaired) electrons. The van der Waals surface area contributed by atoms with Gasteiger partial charge in [-0.3, -0.25) is 4.90 Å². The quantitative estimate of drug-likeness (QED) is 0.734. The molecule has 1 aliphatic heterocycles. The molecule has 116 valence electrons. The third-order valence-corrected chi connectivity index (χ3v) is 5.07. The Kier molecular flexibility index (Phi) is 6.53. The van der Waals surface area contributed by atoms with E-state index < -0.39 is 0 Å². The Balaban J connectivity index is 1.63. The normalized spacial score (nSPS) is 28.8. The molecule has 2 unspecified atom stereocenters. The maximum absolute atomic E-state index is 9.37. The van der Waals surface area contributed by atoms with Crippen LogP contribution in [0.25, 0.3) is 0 Å². The smallest absolute Gasteiger partial charge is 0.0462 e. The second kappa shape index (κ2) is 8.16. The highest BCUT2D eigenvalue weighted by Crippen LogP contribution is 2.30. The SMILES string of the molecule is CC(C)=CCN1CCC(NCC2CCCC2CO)CC1. The minimum Gasteiger partial charge on any atom is -0.396 e. The molecule has 0 aromatic rings. The van der Waals surface area contributed by atoms with Crippen LogP contribution in [0.1, 0.15) is 46.0 Å². The molecule has 20 heavy (non-hydrogen) atoms. The van der Waals surface area contributed by atoms with E-state index in [-0.39, 0.29) is 0 Å². The Bertz CT molecular complexity index is 304. The number of nitrogens with zero attached hydrogens (tertiary/aromatic N) is 1. The predicted molar refractivity (Wildman–Crippen MR) is 84.8 cm³/mol. The number of likely N-dealkylation sites (tertiary alicyclic amines) is 1. The number of allylic oxidation sites excluding steroid dienone is 1. The molecule has 0 spiro atoms. The van der Waals surface area contributed by atoms with Crippen LogP contribution in [0.2, 0.25) is 0 Å². The van der Waals surface area contributed by atoms with Gasteiger partial charge in [0.2, 0.25) is 0 Å². The van der Waals surface area contributed by atoms with E-state index in [9.17, 15) is 5.11 Å². The first kappa shape index (κ1) is 16.0. The molecule has 3 heteroatoms. The first-order valence-electron chi connectivity index (χ1n) is 8.39. The number of hydrogen-bond donors (Lipinski definition) is 2. The predicted octanol–water partition coefficient (Wildman–Crippen LogP) is 2.42. The fourth-order valence-corrected chi connectivity index (χ4v) is 3.57. The van der Waals surface area contributed by atoms with E-state index in [0.717, 1.165) is 13.1 Å². The van der Waals surface area contributed by atoms with Gasteiger partial charge in [-0.2, -0.15) is 0 Å². The van der Waals surface area contributed by atoms with Crippen molar-refractivity contribution in [2.75, 3.05) is 32.8 Å². The van der Waals surface area contributed by atoms with Crippen LogP contribution in [0.3, 0.4) is 0 Å². The Morgan fingerprint density at radius 3 is 2.50 bits per heavy atom. The number of aliphatic hydroxyl groups is 1. The summed E-state index contributed by atoms with van der Waals surface area (Å²) in [6.07, 6.45) is 8.71. The van der Waals surface area contributed by atoms with Gasteiger partial charge in [-0.25, -0.2) is 0 Å². The van der Waals surface area contributed by atoms with Crippen molar-refractivity contribution >= 4 is 0 Å². The highest BCUT2D eigenvalue weighted by atomic mass is 16.3. The number of piperidine rings is 1. The van der Waals surface area contributed by atoms with Gasteiger partial charge in [-0.05, 0) is 71.0 Å². The topological polar surface area (TPSA) is 35.5 Å². The van der Waals surface area contributed by atoms with Gasteiger partial charge in [-0.15, -0.1) is 0 Å². The van der Waals surface area contributed by atoms with E-state index in [1.165, 1.54) is 50.8 Å². The van der Waals surface area contributed by atoms with Gasteiger partial charge >= 0.3 is 0 Å². The number of aliphatic hydroxyl groups excluding tert-OH is 1. The summed E-state index contributed by atoms with van der Waals surface area (Å²) >= 11 is 0. The average molecular weight is 280 g/mol. The Labute approximate surface area is 124 Å². The monoisotopic (exact) mass is 280 g/mol. The van der Waals surface area contributed by atoms with Gasteiger partial charge in [-0.1, -0.05) is 18.1 Å². The maximum atomic E-state index is 9.37. The average Bonchev–Trinajstić information content (AvgIpc) is 2.91. The summed E-state index contributed by atoms with van der Waals surface area (Å²) in [7, 11) is 0. The molecular weight excluding hydrogens is 248 g/mol. The van der Waals surface area contributed by atoms with Crippen LogP contribution in [0.15, 0.2) is 11.6 Å². The molecule has 1 heterocycles. The van der Waals surface area contributed by atoms with E-state index in [1.54, 1.807) is 0 Å². The molecule has 2 rings (SSSR count). The molecular formula is C17H32N2O. The summed E-state index contributed by atoms with van der Waals surface area (Å²) in [5.74, 6) is 1.27. The zero-order valence-corrected chi connectivity index (χ0v) is 13.3. The molecule has 0 bridgehead atoms. The van der Waals surface area contributed by atoms with Gasteiger partial charge in [0.05, 0.1) is 0 Å². The van der Waals surface area contributed by atoms with Crippen molar-refractivity contribution in [3.8, 4) is 0 Å². The van der Waals surface area contributed by atoms with Crippen LogP contribution in [0.5, 0.6) is 0 Å². The van der Waals surface area contributed by atoms with Crippen molar-refractivity contribution in [3.63, 3.8) is 0 Å². The molecule has 2 fully saturated rings. The summed E-state index contributed by atoms with van der Waals surface area (Å²) in [4.78, 5) is 2.55. The minimum atomic E-state index is 0.382. The molecule has 3 nitrogen and oxygen atoms in total. The number of rotatable bonds is 6. The van der Waals surface area contributed by atoms with Gasteiger partial charge < -0.3 is 10.4 Å². The molecule has 0 amide bonds. The van der Waals surface area contributed by atoms with Crippen LogP contribution >= 0.6 is 0 Å². The van der Waals surface area contributed by atoms with Gasteiger partial charge in [0.1, 0.15) is 0 Å². The van der Waals surface area contributed by atoms with Crippen LogP contribution in [-0.4, -0.2) is 48.8 Å². The van der Waals surface area contributed by atoms with Crippen LogP contribution in [0.4, 0.5) is 0 Å². The number of nitrogens with one attached hydrogen (secondary N) is 1. The largest absolute Gasteiger partial charge is 0.396 e. The van der Waals surface area contributed by atoms with E-state index in [1.807, 2.05) is 0 Å². The molecule has 2 aliphatic rings. The lowest BCUT2D eigenvalue weighted by Gasteiger charge is -2.33. The summed E-state index contributed by atoms with van der Waals surface area (Å²) in [6.45, 7) is 9.40. The molecule has 2 N–H and O–H groups in total. The highest BCUT2D eigenvalue weighted by Gasteiger charge is 2.27. The van der Waals surface area contributed by atoms with Crippen LogP contribution < -0.4 is 5.32 Å². The van der Waals surface area contributed by atoms with Gasteiger partial charge in [0, 0.05) is 19.2 Å². The minimum absolute atomic E-state index is 0.382. The van der Waals surface area contributed by atoms with Crippen molar-refractivity contribution in [2.24, 2.45) is 11.8 Å². The maximum Gasteiger partial charge on any atom is 0.0462 e. The molecule has 1 saturated carbocycles. The Morgan fingerprint density at radius 2 is 1.85 bits per heavy atom. The second-order valence-electron chi connectivity index (χ2n) is 6.90. The van der Waals surface area contributed by atoms with Crippen molar-refractivity contribution in [1.29, 1.82) is 0 Å². The molecule has 0 aromatic heterocycles. The third-order valence-electron chi connectivity index (χ3n) is 5.07. The standard InChI is InChI=1S/C17H32N2O/c1-14(2)6-9-19-10-7-17(8-11-19)18-12-15-4-3-5-16(15)13-20/h6,15-18,20H,3-5,7-13H2,1-2H3. The summed E-state index contributed by atoms with van der Waals surface area (Å²) < 4.78 is 0. The van der Waals surface area contributed by atoms with Crippen molar-refractivity contribution in [3.05, 3.63) is 11.6 Å². The lowest BCUT2D eigenvalue weighted by molar-refractivity contribution is 0.178. The second-order valence-corrected chi connectivity index (χ2v) is 6.90.